The summed E-state index contributed by atoms with van der Waals surface area (Å²) in [4.78, 5) is 2.00. The number of hydrogen-bond donors (Lipinski definition) is 1. The van der Waals surface area contributed by atoms with Crippen LogP contribution in [0.4, 0.5) is 8.78 Å². The van der Waals surface area contributed by atoms with Crippen LogP contribution >= 0.6 is 0 Å². The predicted molar refractivity (Wildman–Crippen MR) is 69.7 cm³/mol. The smallest absolute Gasteiger partial charge is 0.130 e. The fraction of sp³-hybridized carbons (Fsp3) is 0.571. The van der Waals surface area contributed by atoms with Crippen molar-refractivity contribution in [3.63, 3.8) is 0 Å². The molecule has 0 radical (unpaired) electrons. The molecule has 0 aliphatic carbocycles. The lowest BCUT2D eigenvalue weighted by Gasteiger charge is -2.40. The quantitative estimate of drug-likeness (QED) is 0.914. The fourth-order valence-electron chi connectivity index (χ4n) is 2.75. The topological polar surface area (TPSA) is 38.5 Å². The van der Waals surface area contributed by atoms with Gasteiger partial charge in [0.05, 0.1) is 18.2 Å². The number of nitrogens with two attached hydrogens (primary N) is 1. The van der Waals surface area contributed by atoms with Crippen molar-refractivity contribution < 1.29 is 13.5 Å². The zero-order valence-electron chi connectivity index (χ0n) is 11.3. The Morgan fingerprint density at radius 3 is 2.26 bits per heavy atom. The first-order valence-corrected chi connectivity index (χ1v) is 6.56. The standard InChI is InChI=1S/C14H20F2N2O/c1-9-7-18(8-10(2)19-9)13(6-17)14-11(15)4-3-5-12(14)16/h3-5,9-10,13H,6-8,17H2,1-2H3/t9-,10+,13?. The van der Waals surface area contributed by atoms with Crippen LogP contribution in [-0.4, -0.2) is 36.7 Å². The minimum atomic E-state index is -0.540. The van der Waals surface area contributed by atoms with Crippen molar-refractivity contribution in [2.45, 2.75) is 32.1 Å². The van der Waals surface area contributed by atoms with E-state index in [4.69, 9.17) is 10.5 Å². The van der Waals surface area contributed by atoms with Gasteiger partial charge in [0.25, 0.3) is 0 Å². The molecular weight excluding hydrogens is 250 g/mol. The highest BCUT2D eigenvalue weighted by molar-refractivity contribution is 5.24. The lowest BCUT2D eigenvalue weighted by Crippen LogP contribution is -2.48. The van der Waals surface area contributed by atoms with E-state index in [1.165, 1.54) is 18.2 Å². The highest BCUT2D eigenvalue weighted by Crippen LogP contribution is 2.28. The molecule has 0 amide bonds. The van der Waals surface area contributed by atoms with E-state index in [1.54, 1.807) is 0 Å². The Kier molecular flexibility index (Phi) is 4.50. The Bertz CT molecular complexity index is 411. The fourth-order valence-corrected chi connectivity index (χ4v) is 2.75. The van der Waals surface area contributed by atoms with Crippen LogP contribution in [0.5, 0.6) is 0 Å². The van der Waals surface area contributed by atoms with Crippen molar-refractivity contribution in [1.29, 1.82) is 0 Å². The van der Waals surface area contributed by atoms with Gasteiger partial charge in [0, 0.05) is 25.2 Å². The molecule has 1 heterocycles. The Morgan fingerprint density at radius 2 is 1.79 bits per heavy atom. The Labute approximate surface area is 112 Å². The van der Waals surface area contributed by atoms with Crippen LogP contribution in [0.3, 0.4) is 0 Å². The van der Waals surface area contributed by atoms with E-state index in [0.717, 1.165) is 0 Å². The molecule has 0 saturated carbocycles. The van der Waals surface area contributed by atoms with E-state index >= 15 is 0 Å². The molecule has 106 valence electrons. The van der Waals surface area contributed by atoms with Crippen molar-refractivity contribution >= 4 is 0 Å². The minimum Gasteiger partial charge on any atom is -0.373 e. The summed E-state index contributed by atoms with van der Waals surface area (Å²) in [6.45, 7) is 5.33. The average molecular weight is 270 g/mol. The first-order chi connectivity index (χ1) is 9.02. The number of rotatable bonds is 3. The largest absolute Gasteiger partial charge is 0.373 e. The van der Waals surface area contributed by atoms with Crippen LogP contribution in [0.15, 0.2) is 18.2 Å². The van der Waals surface area contributed by atoms with Gasteiger partial charge in [-0.25, -0.2) is 8.78 Å². The molecule has 1 fully saturated rings. The molecule has 0 aromatic heterocycles. The van der Waals surface area contributed by atoms with Gasteiger partial charge in [-0.3, -0.25) is 4.90 Å². The molecule has 0 spiro atoms. The second-order valence-corrected chi connectivity index (χ2v) is 5.10. The second kappa shape index (κ2) is 5.94. The van der Waals surface area contributed by atoms with E-state index in [-0.39, 0.29) is 24.3 Å². The lowest BCUT2D eigenvalue weighted by atomic mass is 10.0. The molecule has 5 heteroatoms. The summed E-state index contributed by atoms with van der Waals surface area (Å²) in [5.41, 5.74) is 5.81. The lowest BCUT2D eigenvalue weighted by molar-refractivity contribution is -0.0806. The molecule has 1 aromatic carbocycles. The summed E-state index contributed by atoms with van der Waals surface area (Å²) in [6.07, 6.45) is 0.0697. The van der Waals surface area contributed by atoms with Crippen LogP contribution in [0, 0.1) is 11.6 Å². The summed E-state index contributed by atoms with van der Waals surface area (Å²) < 4.78 is 33.4. The number of halogens is 2. The molecule has 0 bridgehead atoms. The number of benzene rings is 1. The van der Waals surface area contributed by atoms with Gasteiger partial charge in [0.1, 0.15) is 11.6 Å². The Morgan fingerprint density at radius 1 is 1.26 bits per heavy atom. The molecule has 1 unspecified atom stereocenters. The molecule has 3 nitrogen and oxygen atoms in total. The molecule has 1 aromatic rings. The van der Waals surface area contributed by atoms with Gasteiger partial charge in [-0.05, 0) is 26.0 Å². The predicted octanol–water partition coefficient (Wildman–Crippen LogP) is 2.07. The van der Waals surface area contributed by atoms with Crippen LogP contribution in [-0.2, 0) is 4.74 Å². The molecule has 19 heavy (non-hydrogen) atoms. The normalized spacial score (nSPS) is 26.4. The second-order valence-electron chi connectivity index (χ2n) is 5.10. The van der Waals surface area contributed by atoms with Gasteiger partial charge < -0.3 is 10.5 Å². The summed E-state index contributed by atoms with van der Waals surface area (Å²) in [5.74, 6) is -1.08. The zero-order valence-corrected chi connectivity index (χ0v) is 11.3. The van der Waals surface area contributed by atoms with Crippen LogP contribution in [0.1, 0.15) is 25.5 Å². The molecular formula is C14H20F2N2O. The third-order valence-electron chi connectivity index (χ3n) is 3.44. The highest BCUT2D eigenvalue weighted by atomic mass is 19.1. The average Bonchev–Trinajstić information content (AvgIpc) is 2.32. The molecule has 2 rings (SSSR count). The Hall–Kier alpha value is -1.04. The van der Waals surface area contributed by atoms with Gasteiger partial charge in [-0.1, -0.05) is 6.07 Å². The van der Waals surface area contributed by atoms with Gasteiger partial charge in [0.2, 0.25) is 0 Å². The van der Waals surface area contributed by atoms with Crippen LogP contribution in [0.25, 0.3) is 0 Å². The van der Waals surface area contributed by atoms with Crippen LogP contribution < -0.4 is 5.73 Å². The van der Waals surface area contributed by atoms with Crippen LogP contribution in [0.2, 0.25) is 0 Å². The van der Waals surface area contributed by atoms with E-state index in [2.05, 4.69) is 0 Å². The molecule has 3 atom stereocenters. The van der Waals surface area contributed by atoms with Crippen molar-refractivity contribution in [2.75, 3.05) is 19.6 Å². The van der Waals surface area contributed by atoms with E-state index < -0.39 is 17.7 Å². The number of ether oxygens (including phenoxy) is 1. The van der Waals surface area contributed by atoms with Gasteiger partial charge in [0.15, 0.2) is 0 Å². The molecule has 1 saturated heterocycles. The molecule has 1 aliphatic rings. The van der Waals surface area contributed by atoms with E-state index in [0.29, 0.717) is 13.1 Å². The van der Waals surface area contributed by atoms with Crippen molar-refractivity contribution in [3.8, 4) is 0 Å². The highest BCUT2D eigenvalue weighted by Gasteiger charge is 2.31. The summed E-state index contributed by atoms with van der Waals surface area (Å²) in [6, 6.07) is 3.46. The number of nitrogens with zero attached hydrogens (tertiary/aromatic N) is 1. The molecule has 1 aliphatic heterocycles. The summed E-state index contributed by atoms with van der Waals surface area (Å²) >= 11 is 0. The molecule has 2 N–H and O–H groups in total. The first-order valence-electron chi connectivity index (χ1n) is 6.56. The Balaban J connectivity index is 2.29. The van der Waals surface area contributed by atoms with Gasteiger partial charge >= 0.3 is 0 Å². The SMILES string of the molecule is C[C@@H]1CN(C(CN)c2c(F)cccc2F)C[C@H](C)O1. The maximum absolute atomic E-state index is 13.9. The van der Waals surface area contributed by atoms with Crippen molar-refractivity contribution in [3.05, 3.63) is 35.4 Å². The van der Waals surface area contributed by atoms with Gasteiger partial charge in [-0.15, -0.1) is 0 Å². The maximum atomic E-state index is 13.9. The monoisotopic (exact) mass is 270 g/mol. The van der Waals surface area contributed by atoms with Crippen molar-refractivity contribution in [2.24, 2.45) is 5.73 Å². The van der Waals surface area contributed by atoms with Crippen molar-refractivity contribution in [1.82, 2.24) is 4.90 Å². The third-order valence-corrected chi connectivity index (χ3v) is 3.44. The first kappa shape index (κ1) is 14.4. The maximum Gasteiger partial charge on any atom is 0.130 e. The zero-order chi connectivity index (χ0) is 14.0. The van der Waals surface area contributed by atoms with E-state index in [1.807, 2.05) is 18.7 Å². The van der Waals surface area contributed by atoms with Gasteiger partial charge in [-0.2, -0.15) is 0 Å². The number of hydrogen-bond acceptors (Lipinski definition) is 3. The summed E-state index contributed by atoms with van der Waals surface area (Å²) in [7, 11) is 0. The minimum absolute atomic E-state index is 0.0348. The van der Waals surface area contributed by atoms with E-state index in [9.17, 15) is 8.78 Å². The summed E-state index contributed by atoms with van der Waals surface area (Å²) in [5, 5.41) is 0. The third kappa shape index (κ3) is 3.11. The number of morpholine rings is 1.